The zero-order valence-electron chi connectivity index (χ0n) is 14.4. The number of hydrogen-bond acceptors (Lipinski definition) is 4. The van der Waals surface area contributed by atoms with Gasteiger partial charge < -0.3 is 10.3 Å². The van der Waals surface area contributed by atoms with E-state index in [1.165, 1.54) is 17.8 Å². The molecule has 7 heteroatoms. The Bertz CT molecular complexity index is 976. The Labute approximate surface area is 166 Å². The first-order valence-electron chi connectivity index (χ1n) is 8.36. The number of carbonyl (C=O) groups is 1. The molecule has 1 heterocycles. The van der Waals surface area contributed by atoms with E-state index in [0.717, 1.165) is 11.1 Å². The monoisotopic (exact) mass is 399 g/mol. The van der Waals surface area contributed by atoms with E-state index in [4.69, 9.17) is 11.6 Å². The van der Waals surface area contributed by atoms with Gasteiger partial charge in [0.15, 0.2) is 5.16 Å². The van der Waals surface area contributed by atoms with Gasteiger partial charge in [0.1, 0.15) is 0 Å². The van der Waals surface area contributed by atoms with Crippen LogP contribution in [0.4, 0.5) is 0 Å². The molecule has 0 saturated heterocycles. The van der Waals surface area contributed by atoms with E-state index in [2.05, 4.69) is 15.3 Å². The van der Waals surface area contributed by atoms with Crippen molar-refractivity contribution in [3.05, 3.63) is 92.9 Å². The lowest BCUT2D eigenvalue weighted by atomic mass is 10.2. The predicted octanol–water partition coefficient (Wildman–Crippen LogP) is 3.57. The lowest BCUT2D eigenvalue weighted by Gasteiger charge is -2.06. The van der Waals surface area contributed by atoms with E-state index in [1.807, 2.05) is 54.6 Å². The molecular weight excluding hydrogens is 382 g/mol. The third kappa shape index (κ3) is 6.27. The standard InChI is InChI=1S/C20H18ClN3O2S/c21-16-8-4-7-15(9-16)13-27-20-23-17(11-19(26)24-20)10-18(25)22-12-14-5-2-1-3-6-14/h1-9,11H,10,12-13H2,(H,22,25)(H,23,24,26). The van der Waals surface area contributed by atoms with E-state index < -0.39 is 0 Å². The minimum atomic E-state index is -0.274. The Kier molecular flexibility index (Phi) is 6.68. The maximum atomic E-state index is 12.1. The van der Waals surface area contributed by atoms with E-state index >= 15 is 0 Å². The number of thioether (sulfide) groups is 1. The molecule has 0 bridgehead atoms. The number of benzene rings is 2. The summed E-state index contributed by atoms with van der Waals surface area (Å²) >= 11 is 7.37. The van der Waals surface area contributed by atoms with E-state index in [0.29, 0.717) is 28.2 Å². The van der Waals surface area contributed by atoms with Gasteiger partial charge in [-0.3, -0.25) is 9.59 Å². The second-order valence-electron chi connectivity index (χ2n) is 5.90. The lowest BCUT2D eigenvalue weighted by Crippen LogP contribution is -2.25. The van der Waals surface area contributed by atoms with Gasteiger partial charge in [0, 0.05) is 23.4 Å². The second-order valence-corrected chi connectivity index (χ2v) is 7.30. The van der Waals surface area contributed by atoms with Crippen molar-refractivity contribution in [3.63, 3.8) is 0 Å². The number of nitrogens with zero attached hydrogens (tertiary/aromatic N) is 1. The number of aromatic nitrogens is 2. The van der Waals surface area contributed by atoms with E-state index in [1.54, 1.807) is 0 Å². The van der Waals surface area contributed by atoms with Crippen LogP contribution in [0.15, 0.2) is 70.6 Å². The van der Waals surface area contributed by atoms with Gasteiger partial charge in [-0.1, -0.05) is 65.8 Å². The van der Waals surface area contributed by atoms with Gasteiger partial charge in [-0.05, 0) is 23.3 Å². The van der Waals surface area contributed by atoms with Crippen LogP contribution in [0.25, 0.3) is 0 Å². The molecule has 0 aliphatic rings. The number of carbonyl (C=O) groups excluding carboxylic acids is 1. The molecule has 27 heavy (non-hydrogen) atoms. The minimum Gasteiger partial charge on any atom is -0.352 e. The molecule has 5 nitrogen and oxygen atoms in total. The highest BCUT2D eigenvalue weighted by Gasteiger charge is 2.08. The Morgan fingerprint density at radius 2 is 1.85 bits per heavy atom. The van der Waals surface area contributed by atoms with Crippen LogP contribution in [0, 0.1) is 0 Å². The Balaban J connectivity index is 1.59. The predicted molar refractivity (Wildman–Crippen MR) is 108 cm³/mol. The van der Waals surface area contributed by atoms with Crippen molar-refractivity contribution in [2.24, 2.45) is 0 Å². The second kappa shape index (κ2) is 9.39. The van der Waals surface area contributed by atoms with Crippen LogP contribution in [0.1, 0.15) is 16.8 Å². The zero-order chi connectivity index (χ0) is 19.1. The van der Waals surface area contributed by atoms with Crippen molar-refractivity contribution in [3.8, 4) is 0 Å². The fourth-order valence-corrected chi connectivity index (χ4v) is 3.49. The molecule has 1 amide bonds. The van der Waals surface area contributed by atoms with Crippen molar-refractivity contribution in [1.29, 1.82) is 0 Å². The first-order valence-corrected chi connectivity index (χ1v) is 9.73. The topological polar surface area (TPSA) is 74.8 Å². The quantitative estimate of drug-likeness (QED) is 0.470. The van der Waals surface area contributed by atoms with Gasteiger partial charge >= 0.3 is 0 Å². The normalized spacial score (nSPS) is 10.6. The average molecular weight is 400 g/mol. The first-order chi connectivity index (χ1) is 13.1. The SMILES string of the molecule is O=C(Cc1cc(=O)[nH]c(SCc2cccc(Cl)c2)n1)NCc1ccccc1. The lowest BCUT2D eigenvalue weighted by molar-refractivity contribution is -0.120. The number of amides is 1. The highest BCUT2D eigenvalue weighted by molar-refractivity contribution is 7.98. The minimum absolute atomic E-state index is 0.0570. The Hall–Kier alpha value is -2.57. The molecule has 3 rings (SSSR count). The number of H-pyrrole nitrogens is 1. The number of rotatable bonds is 7. The van der Waals surface area contributed by atoms with Gasteiger partial charge in [0.25, 0.3) is 5.56 Å². The highest BCUT2D eigenvalue weighted by Crippen LogP contribution is 2.20. The van der Waals surface area contributed by atoms with Gasteiger partial charge in [0.05, 0.1) is 12.1 Å². The molecule has 0 fully saturated rings. The van der Waals surface area contributed by atoms with Gasteiger partial charge in [-0.25, -0.2) is 4.98 Å². The molecule has 0 aliphatic heterocycles. The number of hydrogen-bond donors (Lipinski definition) is 2. The highest BCUT2D eigenvalue weighted by atomic mass is 35.5. The molecule has 0 saturated carbocycles. The van der Waals surface area contributed by atoms with Crippen LogP contribution in [-0.4, -0.2) is 15.9 Å². The summed E-state index contributed by atoms with van der Waals surface area (Å²) in [5.74, 6) is 0.440. The summed E-state index contributed by atoms with van der Waals surface area (Å²) in [5, 5.41) is 3.98. The van der Waals surface area contributed by atoms with Crippen LogP contribution in [0.3, 0.4) is 0 Å². The zero-order valence-corrected chi connectivity index (χ0v) is 16.0. The third-order valence-corrected chi connectivity index (χ3v) is 4.89. The van der Waals surface area contributed by atoms with Crippen molar-refractivity contribution in [2.45, 2.75) is 23.9 Å². The summed E-state index contributed by atoms with van der Waals surface area (Å²) in [6.45, 7) is 0.444. The van der Waals surface area contributed by atoms with Crippen molar-refractivity contribution >= 4 is 29.3 Å². The summed E-state index contributed by atoms with van der Waals surface area (Å²) in [5.41, 5.74) is 2.21. The van der Waals surface area contributed by atoms with Gasteiger partial charge in [0.2, 0.25) is 5.91 Å². The van der Waals surface area contributed by atoms with Crippen LogP contribution < -0.4 is 10.9 Å². The summed E-state index contributed by atoms with van der Waals surface area (Å²) in [6.07, 6.45) is 0.0570. The maximum Gasteiger partial charge on any atom is 0.251 e. The Morgan fingerprint density at radius 3 is 2.63 bits per heavy atom. The fraction of sp³-hybridized carbons (Fsp3) is 0.150. The number of halogens is 1. The molecule has 2 aromatic carbocycles. The van der Waals surface area contributed by atoms with Crippen molar-refractivity contribution in [1.82, 2.24) is 15.3 Å². The van der Waals surface area contributed by atoms with Crippen molar-refractivity contribution < 1.29 is 4.79 Å². The summed E-state index contributed by atoms with van der Waals surface area (Å²) in [6, 6.07) is 18.5. The molecule has 0 radical (unpaired) electrons. The van der Waals surface area contributed by atoms with Crippen LogP contribution in [0.2, 0.25) is 5.02 Å². The molecule has 138 valence electrons. The fourth-order valence-electron chi connectivity index (χ4n) is 2.44. The third-order valence-electron chi connectivity index (χ3n) is 3.71. The summed E-state index contributed by atoms with van der Waals surface area (Å²) in [4.78, 5) is 31.1. The van der Waals surface area contributed by atoms with Crippen LogP contribution in [-0.2, 0) is 23.5 Å². The number of nitrogens with one attached hydrogen (secondary N) is 2. The smallest absolute Gasteiger partial charge is 0.251 e. The van der Waals surface area contributed by atoms with Crippen molar-refractivity contribution in [2.75, 3.05) is 0 Å². The van der Waals surface area contributed by atoms with Crippen LogP contribution >= 0.6 is 23.4 Å². The molecule has 0 unspecified atom stereocenters. The first kappa shape index (κ1) is 19.2. The molecule has 0 aliphatic carbocycles. The average Bonchev–Trinajstić information content (AvgIpc) is 2.65. The largest absolute Gasteiger partial charge is 0.352 e. The molecule has 3 aromatic rings. The van der Waals surface area contributed by atoms with E-state index in [9.17, 15) is 9.59 Å². The molecule has 1 aromatic heterocycles. The summed E-state index contributed by atoms with van der Waals surface area (Å²) < 4.78 is 0. The van der Waals surface area contributed by atoms with E-state index in [-0.39, 0.29) is 17.9 Å². The molecule has 2 N–H and O–H groups in total. The van der Waals surface area contributed by atoms with Gasteiger partial charge in [-0.2, -0.15) is 0 Å². The maximum absolute atomic E-state index is 12.1. The Morgan fingerprint density at radius 1 is 1.07 bits per heavy atom. The molecule has 0 spiro atoms. The molecular formula is C20H18ClN3O2S. The summed E-state index contributed by atoms with van der Waals surface area (Å²) in [7, 11) is 0. The van der Waals surface area contributed by atoms with Gasteiger partial charge in [-0.15, -0.1) is 0 Å². The number of aromatic amines is 1. The molecule has 0 atom stereocenters. The van der Waals surface area contributed by atoms with Crippen LogP contribution in [0.5, 0.6) is 0 Å².